The van der Waals surface area contributed by atoms with Crippen molar-refractivity contribution in [3.8, 4) is 0 Å². The number of carbonyl (C=O) groups excluding carboxylic acids is 2. The van der Waals surface area contributed by atoms with E-state index in [2.05, 4.69) is 72.2 Å². The molecular formula is C45H71O9P. The molecule has 0 aliphatic rings. The highest BCUT2D eigenvalue weighted by molar-refractivity contribution is 7.46. The predicted molar refractivity (Wildman–Crippen MR) is 226 cm³/mol. The largest absolute Gasteiger partial charge is 0.469 e. The molecule has 10 heteroatoms. The van der Waals surface area contributed by atoms with Gasteiger partial charge in [-0.05, 0) is 89.9 Å². The second-order valence-corrected chi connectivity index (χ2v) is 14.3. The van der Waals surface area contributed by atoms with Gasteiger partial charge in [-0.2, -0.15) is 0 Å². The van der Waals surface area contributed by atoms with E-state index in [9.17, 15) is 19.3 Å². The highest BCUT2D eigenvalue weighted by Gasteiger charge is 2.22. The SMILES string of the molecule is CC/C=C\C(O)C/C=C/C=C\C/C=C\C/C=C\CCCC(=O)O[C@H](COC(=O)CCCCC/C=C\C/C=C\C/C=C\C/C=C\CCCCC)COP(=O)(O)O. The van der Waals surface area contributed by atoms with Gasteiger partial charge in [-0.15, -0.1) is 0 Å². The van der Waals surface area contributed by atoms with Crippen LogP contribution in [-0.4, -0.2) is 52.3 Å². The van der Waals surface area contributed by atoms with Crippen molar-refractivity contribution in [1.82, 2.24) is 0 Å². The van der Waals surface area contributed by atoms with E-state index in [-0.39, 0.29) is 19.4 Å². The minimum atomic E-state index is -4.80. The van der Waals surface area contributed by atoms with E-state index in [1.807, 2.05) is 49.5 Å². The Hall–Kier alpha value is -3.33. The minimum absolute atomic E-state index is 0.101. The van der Waals surface area contributed by atoms with Crippen molar-refractivity contribution >= 4 is 19.8 Å². The zero-order chi connectivity index (χ0) is 40.5. The topological polar surface area (TPSA) is 140 Å². The van der Waals surface area contributed by atoms with E-state index < -0.39 is 38.6 Å². The summed E-state index contributed by atoms with van der Waals surface area (Å²) >= 11 is 0. The first-order valence-electron chi connectivity index (χ1n) is 20.3. The number of ether oxygens (including phenoxy) is 2. The van der Waals surface area contributed by atoms with Crippen LogP contribution in [-0.2, 0) is 28.2 Å². The first-order chi connectivity index (χ1) is 26.7. The molecule has 0 aromatic carbocycles. The molecule has 0 aromatic heterocycles. The summed E-state index contributed by atoms with van der Waals surface area (Å²) in [7, 11) is -4.80. The molecule has 9 nitrogen and oxygen atoms in total. The zero-order valence-corrected chi connectivity index (χ0v) is 34.5. The van der Waals surface area contributed by atoms with E-state index in [1.165, 1.54) is 25.7 Å². The number of rotatable bonds is 35. The Kier molecular flexibility index (Phi) is 36.6. The van der Waals surface area contributed by atoms with Crippen LogP contribution in [0.1, 0.15) is 136 Å². The molecule has 0 rings (SSSR count). The smallest absolute Gasteiger partial charge is 0.462 e. The lowest BCUT2D eigenvalue weighted by Gasteiger charge is -2.18. The van der Waals surface area contributed by atoms with E-state index >= 15 is 0 Å². The third kappa shape index (κ3) is 41.7. The number of carbonyl (C=O) groups is 2. The van der Waals surface area contributed by atoms with E-state index in [1.54, 1.807) is 6.08 Å². The Morgan fingerprint density at radius 3 is 1.65 bits per heavy atom. The molecule has 2 atom stereocenters. The maximum atomic E-state index is 12.4. The van der Waals surface area contributed by atoms with Crippen LogP contribution in [0.3, 0.4) is 0 Å². The van der Waals surface area contributed by atoms with Gasteiger partial charge in [0, 0.05) is 12.8 Å². The van der Waals surface area contributed by atoms with Crippen LogP contribution in [0.2, 0.25) is 0 Å². The Bertz CT molecular complexity index is 1270. The van der Waals surface area contributed by atoms with Gasteiger partial charge in [0.1, 0.15) is 6.61 Å². The number of hydrogen-bond donors (Lipinski definition) is 3. The molecule has 0 saturated carbocycles. The standard InChI is InChI=1S/C45H71O9P/c1-3-5-7-8-9-10-11-12-13-14-15-16-17-18-22-25-28-31-34-38-44(47)52-40-43(41-53-55(49,50)51)54-45(48)39-35-32-29-26-23-20-19-21-24-27-30-33-37-42(46)36-6-4-2/h6,9-10,12-13,15-16,18-20,22,24,26-27,29-30,33,36,42-43,46H,3-5,7-8,11,14,17,21,23,25,28,31-32,34-35,37-41H2,1-2H3,(H2,49,50,51)/b10-9-,13-12-,16-15-,20-19-,22-18-,27-24-,29-26-,33-30+,36-6-/t42?,43-/m1/s1. The van der Waals surface area contributed by atoms with Gasteiger partial charge in [-0.1, -0.05) is 142 Å². The lowest BCUT2D eigenvalue weighted by molar-refractivity contribution is -0.161. The quantitative estimate of drug-likeness (QED) is 0.0188. The van der Waals surface area contributed by atoms with Crippen LogP contribution in [0.4, 0.5) is 0 Å². The molecule has 3 N–H and O–H groups in total. The average Bonchev–Trinajstić information content (AvgIpc) is 3.15. The fraction of sp³-hybridized carbons (Fsp3) is 0.556. The van der Waals surface area contributed by atoms with Crippen molar-refractivity contribution in [2.24, 2.45) is 0 Å². The van der Waals surface area contributed by atoms with Gasteiger partial charge in [0.25, 0.3) is 0 Å². The minimum Gasteiger partial charge on any atom is -0.462 e. The molecule has 0 saturated heterocycles. The number of unbranched alkanes of at least 4 members (excludes halogenated alkanes) is 7. The Morgan fingerprint density at radius 2 is 1.09 bits per heavy atom. The zero-order valence-electron chi connectivity index (χ0n) is 33.6. The molecule has 0 heterocycles. The maximum Gasteiger partial charge on any atom is 0.469 e. The second kappa shape index (κ2) is 38.9. The van der Waals surface area contributed by atoms with Crippen LogP contribution in [0.5, 0.6) is 0 Å². The maximum absolute atomic E-state index is 12.4. The first-order valence-corrected chi connectivity index (χ1v) is 21.8. The van der Waals surface area contributed by atoms with Crippen LogP contribution in [0.15, 0.2) is 109 Å². The van der Waals surface area contributed by atoms with Crippen molar-refractivity contribution in [2.75, 3.05) is 13.2 Å². The number of esters is 2. The molecule has 0 aromatic rings. The van der Waals surface area contributed by atoms with Crippen LogP contribution in [0.25, 0.3) is 0 Å². The van der Waals surface area contributed by atoms with Crippen LogP contribution in [0, 0.1) is 0 Å². The highest BCUT2D eigenvalue weighted by Crippen LogP contribution is 2.36. The molecule has 0 aliphatic heterocycles. The first kappa shape index (κ1) is 51.7. The molecule has 0 spiro atoms. The van der Waals surface area contributed by atoms with Gasteiger partial charge in [0.05, 0.1) is 12.7 Å². The van der Waals surface area contributed by atoms with Crippen LogP contribution >= 0.6 is 7.82 Å². The van der Waals surface area contributed by atoms with Crippen LogP contribution < -0.4 is 0 Å². The van der Waals surface area contributed by atoms with Gasteiger partial charge in [0.15, 0.2) is 6.10 Å². The number of phosphoric ester groups is 1. The van der Waals surface area contributed by atoms with Gasteiger partial charge >= 0.3 is 19.8 Å². The number of aliphatic hydroxyl groups is 1. The molecular weight excluding hydrogens is 715 g/mol. The molecule has 0 amide bonds. The van der Waals surface area contributed by atoms with Crippen molar-refractivity contribution in [1.29, 1.82) is 0 Å². The lowest BCUT2D eigenvalue weighted by Crippen LogP contribution is -2.29. The summed E-state index contributed by atoms with van der Waals surface area (Å²) in [6, 6.07) is 0. The Balaban J connectivity index is 4.17. The summed E-state index contributed by atoms with van der Waals surface area (Å²) in [5.74, 6) is -1.03. The lowest BCUT2D eigenvalue weighted by atomic mass is 10.1. The van der Waals surface area contributed by atoms with Gasteiger partial charge < -0.3 is 24.4 Å². The fourth-order valence-electron chi connectivity index (χ4n) is 4.82. The summed E-state index contributed by atoms with van der Waals surface area (Å²) in [5.41, 5.74) is 0. The number of allylic oxidation sites excluding steroid dienone is 16. The second-order valence-electron chi connectivity index (χ2n) is 13.1. The van der Waals surface area contributed by atoms with Gasteiger partial charge in [-0.25, -0.2) is 4.57 Å². The van der Waals surface area contributed by atoms with Crippen molar-refractivity contribution in [3.63, 3.8) is 0 Å². The van der Waals surface area contributed by atoms with Crippen molar-refractivity contribution < 1.29 is 43.0 Å². The van der Waals surface area contributed by atoms with E-state index in [0.717, 1.165) is 57.8 Å². The predicted octanol–water partition coefficient (Wildman–Crippen LogP) is 11.4. The number of hydrogen-bond acceptors (Lipinski definition) is 7. The molecule has 0 radical (unpaired) electrons. The Labute approximate surface area is 332 Å². The third-order valence-corrected chi connectivity index (χ3v) is 8.34. The number of phosphoric acid groups is 1. The van der Waals surface area contributed by atoms with Gasteiger partial charge in [-0.3, -0.25) is 14.1 Å². The van der Waals surface area contributed by atoms with Crippen molar-refractivity contribution in [3.05, 3.63) is 109 Å². The summed E-state index contributed by atoms with van der Waals surface area (Å²) < 4.78 is 26.3. The van der Waals surface area contributed by atoms with Crippen molar-refractivity contribution in [2.45, 2.75) is 148 Å². The molecule has 1 unspecified atom stereocenters. The molecule has 55 heavy (non-hydrogen) atoms. The molecule has 0 fully saturated rings. The highest BCUT2D eigenvalue weighted by atomic mass is 31.2. The normalized spacial score (nSPS) is 14.2. The van der Waals surface area contributed by atoms with Gasteiger partial charge in [0.2, 0.25) is 0 Å². The van der Waals surface area contributed by atoms with E-state index in [0.29, 0.717) is 25.7 Å². The third-order valence-electron chi connectivity index (χ3n) is 7.85. The van der Waals surface area contributed by atoms with E-state index in [4.69, 9.17) is 19.3 Å². The summed E-state index contributed by atoms with van der Waals surface area (Å²) in [5, 5.41) is 9.74. The molecule has 0 bridgehead atoms. The molecule has 310 valence electrons. The molecule has 0 aliphatic carbocycles. The summed E-state index contributed by atoms with van der Waals surface area (Å²) in [4.78, 5) is 42.8. The Morgan fingerprint density at radius 1 is 0.582 bits per heavy atom. The summed E-state index contributed by atoms with van der Waals surface area (Å²) in [6.45, 7) is 3.32. The fourth-order valence-corrected chi connectivity index (χ4v) is 5.18. The number of aliphatic hydroxyl groups excluding tert-OH is 1. The summed E-state index contributed by atoms with van der Waals surface area (Å²) in [6.07, 6.45) is 51.5. The average molecular weight is 787 g/mol. The monoisotopic (exact) mass is 786 g/mol.